The number of nitrogens with one attached hydrogen (secondary N) is 2. The predicted molar refractivity (Wildman–Crippen MR) is 66.0 cm³/mol. The van der Waals surface area contributed by atoms with Gasteiger partial charge in [0.15, 0.2) is 0 Å². The van der Waals surface area contributed by atoms with E-state index in [0.29, 0.717) is 13.1 Å². The van der Waals surface area contributed by atoms with Crippen LogP contribution in [0, 0.1) is 5.41 Å². The van der Waals surface area contributed by atoms with Crippen molar-refractivity contribution in [1.82, 2.24) is 15.5 Å². The normalized spacial score (nSPS) is 13.3. The van der Waals surface area contributed by atoms with Crippen molar-refractivity contribution >= 4 is 12.0 Å². The topological polar surface area (TPSA) is 81.7 Å². The van der Waals surface area contributed by atoms with Gasteiger partial charge in [0.25, 0.3) is 0 Å². The molecule has 1 atom stereocenters. The van der Waals surface area contributed by atoms with Gasteiger partial charge in [-0.2, -0.15) is 0 Å². The van der Waals surface area contributed by atoms with E-state index in [4.69, 9.17) is 5.11 Å². The van der Waals surface area contributed by atoms with Crippen LogP contribution in [0.15, 0.2) is 0 Å². The van der Waals surface area contributed by atoms with Crippen molar-refractivity contribution in [3.05, 3.63) is 0 Å². The van der Waals surface area contributed by atoms with Crippen LogP contribution < -0.4 is 10.6 Å². The van der Waals surface area contributed by atoms with E-state index in [1.54, 1.807) is 20.8 Å². The lowest BCUT2D eigenvalue weighted by atomic mass is 9.87. The second kappa shape index (κ2) is 6.44. The average molecular weight is 245 g/mol. The molecule has 2 amide bonds. The molecule has 0 aromatic rings. The van der Waals surface area contributed by atoms with Gasteiger partial charge in [0.2, 0.25) is 0 Å². The Labute approximate surface area is 102 Å². The minimum Gasteiger partial charge on any atom is -0.480 e. The van der Waals surface area contributed by atoms with Crippen molar-refractivity contribution in [3.63, 3.8) is 0 Å². The molecule has 0 aromatic heterocycles. The van der Waals surface area contributed by atoms with E-state index >= 15 is 0 Å². The second-order valence-corrected chi connectivity index (χ2v) is 5.34. The summed E-state index contributed by atoms with van der Waals surface area (Å²) in [6.45, 7) is 6.50. The fraction of sp³-hybridized carbons (Fsp3) is 0.818. The molecule has 100 valence electrons. The molecule has 0 heterocycles. The molecular formula is C11H23N3O3. The van der Waals surface area contributed by atoms with Crippen LogP contribution in [0.3, 0.4) is 0 Å². The summed E-state index contributed by atoms with van der Waals surface area (Å²) in [6.07, 6.45) is 0. The number of hydrogen-bond donors (Lipinski definition) is 3. The van der Waals surface area contributed by atoms with Gasteiger partial charge in [-0.3, -0.25) is 0 Å². The summed E-state index contributed by atoms with van der Waals surface area (Å²) in [6, 6.07) is -1.35. The van der Waals surface area contributed by atoms with E-state index < -0.39 is 23.5 Å². The van der Waals surface area contributed by atoms with E-state index in [-0.39, 0.29) is 0 Å². The molecule has 0 aliphatic carbocycles. The van der Waals surface area contributed by atoms with Gasteiger partial charge < -0.3 is 20.6 Å². The molecule has 3 N–H and O–H groups in total. The maximum absolute atomic E-state index is 11.5. The predicted octanol–water partition coefficient (Wildman–Crippen LogP) is 0.347. The summed E-state index contributed by atoms with van der Waals surface area (Å²) < 4.78 is 0. The first-order chi connectivity index (χ1) is 7.64. The van der Waals surface area contributed by atoms with Gasteiger partial charge in [0, 0.05) is 13.1 Å². The number of hydrogen-bond acceptors (Lipinski definition) is 3. The highest BCUT2D eigenvalue weighted by atomic mass is 16.4. The van der Waals surface area contributed by atoms with Gasteiger partial charge in [-0.15, -0.1) is 0 Å². The Hall–Kier alpha value is -1.30. The zero-order valence-electron chi connectivity index (χ0n) is 11.2. The Kier molecular flexibility index (Phi) is 5.95. The monoisotopic (exact) mass is 245 g/mol. The molecule has 0 aromatic carbocycles. The molecule has 1 unspecified atom stereocenters. The Morgan fingerprint density at radius 2 is 1.82 bits per heavy atom. The molecular weight excluding hydrogens is 222 g/mol. The van der Waals surface area contributed by atoms with Crippen LogP contribution in [0.5, 0.6) is 0 Å². The van der Waals surface area contributed by atoms with Crippen LogP contribution in [0.1, 0.15) is 20.8 Å². The minimum absolute atomic E-state index is 0.450. The number of rotatable bonds is 5. The van der Waals surface area contributed by atoms with Gasteiger partial charge in [0.05, 0.1) is 0 Å². The number of carboxylic acids is 1. The quantitative estimate of drug-likeness (QED) is 0.652. The minimum atomic E-state index is -1.03. The zero-order valence-corrected chi connectivity index (χ0v) is 11.2. The number of carbonyl (C=O) groups is 2. The molecule has 17 heavy (non-hydrogen) atoms. The van der Waals surface area contributed by atoms with Crippen LogP contribution in [0.4, 0.5) is 4.79 Å². The smallest absolute Gasteiger partial charge is 0.326 e. The number of amides is 2. The number of urea groups is 1. The van der Waals surface area contributed by atoms with Gasteiger partial charge in [-0.05, 0) is 19.5 Å². The highest BCUT2D eigenvalue weighted by Crippen LogP contribution is 2.19. The van der Waals surface area contributed by atoms with Gasteiger partial charge in [-0.25, -0.2) is 9.59 Å². The SMILES string of the molecule is CN(C)CCNC(=O)NC(C(=O)O)C(C)(C)C. The van der Waals surface area contributed by atoms with Crippen LogP contribution in [0.25, 0.3) is 0 Å². The Morgan fingerprint density at radius 3 is 2.18 bits per heavy atom. The Balaban J connectivity index is 4.20. The third-order valence-corrected chi connectivity index (χ3v) is 2.23. The van der Waals surface area contributed by atoms with E-state index in [9.17, 15) is 9.59 Å². The highest BCUT2D eigenvalue weighted by molar-refractivity contribution is 5.83. The molecule has 0 aliphatic rings. The molecule has 0 aliphatic heterocycles. The summed E-state index contributed by atoms with van der Waals surface area (Å²) in [5.74, 6) is -1.03. The lowest BCUT2D eigenvalue weighted by Crippen LogP contribution is -2.52. The molecule has 0 rings (SSSR count). The third-order valence-electron chi connectivity index (χ3n) is 2.23. The average Bonchev–Trinajstić information content (AvgIpc) is 2.11. The van der Waals surface area contributed by atoms with Gasteiger partial charge in [-0.1, -0.05) is 20.8 Å². The lowest BCUT2D eigenvalue weighted by Gasteiger charge is -2.27. The summed E-state index contributed by atoms with van der Waals surface area (Å²) in [5.41, 5.74) is -0.523. The molecule has 0 bridgehead atoms. The Morgan fingerprint density at radius 1 is 1.29 bits per heavy atom. The number of carboxylic acid groups (broad SMARTS) is 1. The first kappa shape index (κ1) is 15.7. The molecule has 0 radical (unpaired) electrons. The first-order valence-corrected chi connectivity index (χ1v) is 5.56. The zero-order chi connectivity index (χ0) is 13.6. The van der Waals surface area contributed by atoms with Crippen molar-refractivity contribution < 1.29 is 14.7 Å². The number of aliphatic carboxylic acids is 1. The van der Waals surface area contributed by atoms with Crippen LogP contribution in [-0.2, 0) is 4.79 Å². The molecule has 0 spiro atoms. The molecule has 0 saturated heterocycles. The first-order valence-electron chi connectivity index (χ1n) is 5.56. The fourth-order valence-corrected chi connectivity index (χ4v) is 1.22. The van der Waals surface area contributed by atoms with Crippen molar-refractivity contribution in [3.8, 4) is 0 Å². The second-order valence-electron chi connectivity index (χ2n) is 5.34. The number of carbonyl (C=O) groups excluding carboxylic acids is 1. The van der Waals surface area contributed by atoms with Crippen molar-refractivity contribution in [2.75, 3.05) is 27.2 Å². The van der Waals surface area contributed by atoms with Gasteiger partial charge in [0.1, 0.15) is 6.04 Å². The summed E-state index contributed by atoms with van der Waals surface area (Å²) >= 11 is 0. The maximum atomic E-state index is 11.5. The van der Waals surface area contributed by atoms with Crippen molar-refractivity contribution in [2.45, 2.75) is 26.8 Å². The summed E-state index contributed by atoms with van der Waals surface area (Å²) in [4.78, 5) is 24.4. The van der Waals surface area contributed by atoms with Crippen LogP contribution >= 0.6 is 0 Å². The van der Waals surface area contributed by atoms with Crippen LogP contribution in [-0.4, -0.2) is 55.2 Å². The van der Waals surface area contributed by atoms with E-state index in [1.807, 2.05) is 19.0 Å². The van der Waals surface area contributed by atoms with E-state index in [2.05, 4.69) is 10.6 Å². The molecule has 0 fully saturated rings. The largest absolute Gasteiger partial charge is 0.480 e. The fourth-order valence-electron chi connectivity index (χ4n) is 1.22. The number of nitrogens with zero attached hydrogens (tertiary/aromatic N) is 1. The molecule has 6 nitrogen and oxygen atoms in total. The maximum Gasteiger partial charge on any atom is 0.326 e. The molecule has 0 saturated carbocycles. The summed E-state index contributed by atoms with van der Waals surface area (Å²) in [7, 11) is 3.80. The molecule has 6 heteroatoms. The van der Waals surface area contributed by atoms with Crippen molar-refractivity contribution in [2.24, 2.45) is 5.41 Å². The van der Waals surface area contributed by atoms with Gasteiger partial charge >= 0.3 is 12.0 Å². The van der Waals surface area contributed by atoms with E-state index in [1.165, 1.54) is 0 Å². The lowest BCUT2D eigenvalue weighted by molar-refractivity contribution is -0.141. The third kappa shape index (κ3) is 6.78. The number of likely N-dealkylation sites (N-methyl/N-ethyl adjacent to an activating group) is 1. The van der Waals surface area contributed by atoms with Crippen LogP contribution in [0.2, 0.25) is 0 Å². The van der Waals surface area contributed by atoms with Crippen molar-refractivity contribution in [1.29, 1.82) is 0 Å². The highest BCUT2D eigenvalue weighted by Gasteiger charge is 2.32. The summed E-state index contributed by atoms with van der Waals surface area (Å²) in [5, 5.41) is 14.1. The van der Waals surface area contributed by atoms with E-state index in [0.717, 1.165) is 0 Å². The Bertz CT molecular complexity index is 272. The standard InChI is InChI=1S/C11H23N3O3/c1-11(2,3)8(9(15)16)13-10(17)12-6-7-14(4)5/h8H,6-7H2,1-5H3,(H,15,16)(H2,12,13,17).